The molecule has 0 spiro atoms. The monoisotopic (exact) mass is 227 g/mol. The van der Waals surface area contributed by atoms with Crippen LogP contribution in [0.2, 0.25) is 0 Å². The van der Waals surface area contributed by atoms with E-state index in [1.165, 1.54) is 38.9 Å². The molecule has 0 amide bonds. The molecule has 1 heterocycles. The number of piperidine rings is 1. The number of nitrogens with one attached hydrogen (secondary N) is 1. The van der Waals surface area contributed by atoms with E-state index in [-0.39, 0.29) is 0 Å². The third-order valence-corrected chi connectivity index (χ3v) is 3.71. The summed E-state index contributed by atoms with van der Waals surface area (Å²) in [4.78, 5) is 2.57. The molecule has 3 heteroatoms. The summed E-state index contributed by atoms with van der Waals surface area (Å²) in [7, 11) is 0. The van der Waals surface area contributed by atoms with Crippen LogP contribution in [0.1, 0.15) is 33.1 Å². The molecular formula is C13H29N3. The summed E-state index contributed by atoms with van der Waals surface area (Å²) in [5.41, 5.74) is 5.75. The van der Waals surface area contributed by atoms with E-state index in [9.17, 15) is 0 Å². The van der Waals surface area contributed by atoms with Gasteiger partial charge in [0.1, 0.15) is 0 Å². The fraction of sp³-hybridized carbons (Fsp3) is 1.00. The Labute approximate surface area is 101 Å². The van der Waals surface area contributed by atoms with Crippen LogP contribution in [-0.2, 0) is 0 Å². The molecule has 3 nitrogen and oxygen atoms in total. The van der Waals surface area contributed by atoms with Gasteiger partial charge >= 0.3 is 0 Å². The lowest BCUT2D eigenvalue weighted by Gasteiger charge is -2.27. The molecule has 0 aliphatic carbocycles. The van der Waals surface area contributed by atoms with Gasteiger partial charge in [0, 0.05) is 13.1 Å². The van der Waals surface area contributed by atoms with Crippen molar-refractivity contribution in [2.24, 2.45) is 17.6 Å². The van der Waals surface area contributed by atoms with Crippen molar-refractivity contribution in [1.82, 2.24) is 10.2 Å². The average molecular weight is 227 g/mol. The number of rotatable bonds is 7. The Morgan fingerprint density at radius 3 is 2.44 bits per heavy atom. The van der Waals surface area contributed by atoms with Crippen molar-refractivity contribution < 1.29 is 0 Å². The Kier molecular flexibility index (Phi) is 7.01. The minimum Gasteiger partial charge on any atom is -0.330 e. The lowest BCUT2D eigenvalue weighted by molar-refractivity contribution is 0.226. The zero-order valence-corrected chi connectivity index (χ0v) is 11.0. The molecule has 1 aliphatic rings. The first-order valence-corrected chi connectivity index (χ1v) is 6.87. The maximum absolute atomic E-state index is 5.75. The second-order valence-electron chi connectivity index (χ2n) is 5.35. The Morgan fingerprint density at radius 2 is 1.88 bits per heavy atom. The number of nitrogens with two attached hydrogens (primary N) is 1. The van der Waals surface area contributed by atoms with Crippen LogP contribution in [-0.4, -0.2) is 44.2 Å². The largest absolute Gasteiger partial charge is 0.330 e. The lowest BCUT2D eigenvalue weighted by Crippen LogP contribution is -2.38. The summed E-state index contributed by atoms with van der Waals surface area (Å²) in [5, 5.41) is 3.54. The molecule has 0 aromatic carbocycles. The van der Waals surface area contributed by atoms with Gasteiger partial charge in [0.25, 0.3) is 0 Å². The van der Waals surface area contributed by atoms with Gasteiger partial charge in [0.2, 0.25) is 0 Å². The highest BCUT2D eigenvalue weighted by Gasteiger charge is 2.12. The third-order valence-electron chi connectivity index (χ3n) is 3.71. The second-order valence-corrected chi connectivity index (χ2v) is 5.35. The first kappa shape index (κ1) is 13.9. The van der Waals surface area contributed by atoms with E-state index in [2.05, 4.69) is 24.1 Å². The highest BCUT2D eigenvalue weighted by atomic mass is 15.1. The fourth-order valence-electron chi connectivity index (χ4n) is 2.30. The lowest BCUT2D eigenvalue weighted by atomic mass is 9.96. The quantitative estimate of drug-likeness (QED) is 0.644. The van der Waals surface area contributed by atoms with E-state index in [1.54, 1.807) is 0 Å². The maximum Gasteiger partial charge on any atom is 0.0107 e. The van der Waals surface area contributed by atoms with Crippen molar-refractivity contribution in [3.63, 3.8) is 0 Å². The van der Waals surface area contributed by atoms with Gasteiger partial charge in [-0.25, -0.2) is 0 Å². The summed E-state index contributed by atoms with van der Waals surface area (Å²) < 4.78 is 0. The van der Waals surface area contributed by atoms with Crippen molar-refractivity contribution in [2.45, 2.75) is 33.1 Å². The van der Waals surface area contributed by atoms with E-state index in [4.69, 9.17) is 5.73 Å². The van der Waals surface area contributed by atoms with Crippen LogP contribution in [0.3, 0.4) is 0 Å². The third kappa shape index (κ3) is 5.28. The van der Waals surface area contributed by atoms with Crippen molar-refractivity contribution in [3.05, 3.63) is 0 Å². The zero-order valence-electron chi connectivity index (χ0n) is 11.0. The van der Waals surface area contributed by atoms with Crippen LogP contribution in [0.4, 0.5) is 0 Å². The first-order chi connectivity index (χ1) is 7.74. The SMILES string of the molecule is CC(C)C(CN)CNCCN1CCCCC1. The molecule has 1 rings (SSSR count). The van der Waals surface area contributed by atoms with Crippen molar-refractivity contribution in [1.29, 1.82) is 0 Å². The highest BCUT2D eigenvalue weighted by molar-refractivity contribution is 4.69. The van der Waals surface area contributed by atoms with Crippen molar-refractivity contribution in [3.8, 4) is 0 Å². The molecule has 0 bridgehead atoms. The van der Waals surface area contributed by atoms with Gasteiger partial charge in [0.15, 0.2) is 0 Å². The summed E-state index contributed by atoms with van der Waals surface area (Å²) in [6, 6.07) is 0. The molecular weight excluding hydrogens is 198 g/mol. The van der Waals surface area contributed by atoms with Crippen LogP contribution < -0.4 is 11.1 Å². The van der Waals surface area contributed by atoms with Crippen LogP contribution in [0.15, 0.2) is 0 Å². The fourth-order valence-corrected chi connectivity index (χ4v) is 2.30. The van der Waals surface area contributed by atoms with E-state index < -0.39 is 0 Å². The molecule has 1 atom stereocenters. The molecule has 0 aromatic rings. The van der Waals surface area contributed by atoms with E-state index in [0.717, 1.165) is 19.6 Å². The molecule has 1 aliphatic heterocycles. The van der Waals surface area contributed by atoms with Crippen LogP contribution >= 0.6 is 0 Å². The number of likely N-dealkylation sites (tertiary alicyclic amines) is 1. The van der Waals surface area contributed by atoms with Gasteiger partial charge < -0.3 is 16.0 Å². The highest BCUT2D eigenvalue weighted by Crippen LogP contribution is 2.08. The summed E-state index contributed by atoms with van der Waals surface area (Å²) in [5.74, 6) is 1.31. The molecule has 1 saturated heterocycles. The molecule has 16 heavy (non-hydrogen) atoms. The van der Waals surface area contributed by atoms with Gasteiger partial charge in [-0.15, -0.1) is 0 Å². The predicted octanol–water partition coefficient (Wildman–Crippen LogP) is 1.29. The minimum atomic E-state index is 0.626. The Morgan fingerprint density at radius 1 is 1.19 bits per heavy atom. The molecule has 1 unspecified atom stereocenters. The van der Waals surface area contributed by atoms with E-state index in [0.29, 0.717) is 11.8 Å². The van der Waals surface area contributed by atoms with E-state index in [1.807, 2.05) is 0 Å². The average Bonchev–Trinajstić information content (AvgIpc) is 2.30. The van der Waals surface area contributed by atoms with Gasteiger partial charge in [-0.1, -0.05) is 20.3 Å². The molecule has 0 radical (unpaired) electrons. The summed E-state index contributed by atoms with van der Waals surface area (Å²) >= 11 is 0. The topological polar surface area (TPSA) is 41.3 Å². The molecule has 0 saturated carbocycles. The summed E-state index contributed by atoms with van der Waals surface area (Å²) in [6.07, 6.45) is 4.20. The van der Waals surface area contributed by atoms with Crippen LogP contribution in [0.5, 0.6) is 0 Å². The van der Waals surface area contributed by atoms with Gasteiger partial charge in [-0.05, 0) is 50.9 Å². The Bertz CT molecular complexity index is 165. The maximum atomic E-state index is 5.75. The van der Waals surface area contributed by atoms with Gasteiger partial charge in [-0.3, -0.25) is 0 Å². The zero-order chi connectivity index (χ0) is 11.8. The van der Waals surface area contributed by atoms with Crippen molar-refractivity contribution >= 4 is 0 Å². The normalized spacial score (nSPS) is 20.2. The number of hydrogen-bond donors (Lipinski definition) is 2. The Hall–Kier alpha value is -0.120. The second kappa shape index (κ2) is 8.04. The van der Waals surface area contributed by atoms with Crippen LogP contribution in [0, 0.1) is 11.8 Å². The molecule has 0 aromatic heterocycles. The first-order valence-electron chi connectivity index (χ1n) is 6.87. The van der Waals surface area contributed by atoms with Gasteiger partial charge in [0.05, 0.1) is 0 Å². The van der Waals surface area contributed by atoms with Crippen molar-refractivity contribution in [2.75, 3.05) is 39.3 Å². The molecule has 1 fully saturated rings. The number of nitrogens with zero attached hydrogens (tertiary/aromatic N) is 1. The standard InChI is InChI=1S/C13H29N3/c1-12(2)13(10-14)11-15-6-9-16-7-4-3-5-8-16/h12-13,15H,3-11,14H2,1-2H3. The number of hydrogen-bond acceptors (Lipinski definition) is 3. The van der Waals surface area contributed by atoms with Gasteiger partial charge in [-0.2, -0.15) is 0 Å². The minimum absolute atomic E-state index is 0.626. The molecule has 96 valence electrons. The summed E-state index contributed by atoms with van der Waals surface area (Å²) in [6.45, 7) is 11.3. The molecule has 3 N–H and O–H groups in total. The Balaban J connectivity index is 2.01. The van der Waals surface area contributed by atoms with E-state index >= 15 is 0 Å². The smallest absolute Gasteiger partial charge is 0.0107 e. The van der Waals surface area contributed by atoms with Crippen LogP contribution in [0.25, 0.3) is 0 Å². The predicted molar refractivity (Wildman–Crippen MR) is 70.5 cm³/mol.